The average molecular weight is 356 g/mol. The maximum Gasteiger partial charge on any atom is 0.0120 e. The van der Waals surface area contributed by atoms with Crippen molar-refractivity contribution in [2.75, 3.05) is 45.8 Å². The fourth-order valence-corrected chi connectivity index (χ4v) is 5.34. The van der Waals surface area contributed by atoms with E-state index in [1.165, 1.54) is 103 Å². The van der Waals surface area contributed by atoms with Crippen LogP contribution in [0.3, 0.4) is 0 Å². The third-order valence-corrected chi connectivity index (χ3v) is 7.04. The quantitative estimate of drug-likeness (QED) is 0.798. The van der Waals surface area contributed by atoms with Gasteiger partial charge < -0.3 is 14.7 Å². The highest BCUT2D eigenvalue weighted by atomic mass is 15.2. The van der Waals surface area contributed by atoms with Gasteiger partial charge in [-0.1, -0.05) is 36.8 Å². The van der Waals surface area contributed by atoms with Crippen molar-refractivity contribution >= 4 is 0 Å². The Morgan fingerprint density at radius 1 is 0.654 bits per heavy atom. The summed E-state index contributed by atoms with van der Waals surface area (Å²) in [4.78, 5) is 8.31. The van der Waals surface area contributed by atoms with Crippen molar-refractivity contribution < 1.29 is 0 Å². The van der Waals surface area contributed by atoms with E-state index in [9.17, 15) is 0 Å². The molecule has 1 aromatic rings. The number of likely N-dealkylation sites (tertiary alicyclic amines) is 3. The van der Waals surface area contributed by atoms with E-state index in [0.717, 1.165) is 12.1 Å². The smallest absolute Gasteiger partial charge is 0.0120 e. The molecule has 3 heteroatoms. The van der Waals surface area contributed by atoms with Crippen LogP contribution in [0.1, 0.15) is 50.5 Å². The fraction of sp³-hybridized carbons (Fsp3) is 0.739. The first-order valence-corrected chi connectivity index (χ1v) is 11.1. The van der Waals surface area contributed by atoms with Gasteiger partial charge >= 0.3 is 0 Å². The van der Waals surface area contributed by atoms with Crippen LogP contribution < -0.4 is 0 Å². The summed E-state index contributed by atoms with van der Waals surface area (Å²) in [6.07, 6.45) is 11.1. The Hall–Kier alpha value is -0.900. The highest BCUT2D eigenvalue weighted by molar-refractivity contribution is 5.14. The summed E-state index contributed by atoms with van der Waals surface area (Å²) in [5.41, 5.74) is 1.48. The molecule has 0 radical (unpaired) electrons. The molecular weight excluding hydrogens is 318 g/mol. The van der Waals surface area contributed by atoms with E-state index < -0.39 is 0 Å². The molecule has 0 N–H and O–H groups in total. The lowest BCUT2D eigenvalue weighted by Crippen LogP contribution is -2.52. The third kappa shape index (κ3) is 4.88. The number of piperidine rings is 3. The highest BCUT2D eigenvalue weighted by Gasteiger charge is 2.30. The second-order valence-electron chi connectivity index (χ2n) is 8.67. The van der Waals surface area contributed by atoms with Crippen LogP contribution in [0.15, 0.2) is 30.3 Å². The zero-order valence-electron chi connectivity index (χ0n) is 16.5. The minimum atomic E-state index is 0.852. The Morgan fingerprint density at radius 2 is 1.23 bits per heavy atom. The zero-order chi connectivity index (χ0) is 17.6. The maximum absolute atomic E-state index is 2.83. The monoisotopic (exact) mass is 355 g/mol. The first kappa shape index (κ1) is 18.5. The SMILES string of the molecule is c1ccc(CCN2CCC(N3CCC(N4CCCCC4)CC3)CC2)cc1. The summed E-state index contributed by atoms with van der Waals surface area (Å²) in [5, 5.41) is 0. The van der Waals surface area contributed by atoms with Crippen LogP contribution >= 0.6 is 0 Å². The van der Waals surface area contributed by atoms with Crippen molar-refractivity contribution in [2.24, 2.45) is 0 Å². The lowest BCUT2D eigenvalue weighted by atomic mass is 9.95. The first-order valence-electron chi connectivity index (χ1n) is 11.1. The van der Waals surface area contributed by atoms with E-state index in [-0.39, 0.29) is 0 Å². The molecule has 26 heavy (non-hydrogen) atoms. The summed E-state index contributed by atoms with van der Waals surface area (Å²) >= 11 is 0. The standard InChI is InChI=1S/C23H37N3/c1-3-7-21(8-4-1)9-16-24-17-10-22(11-18-24)26-19-12-23(13-20-26)25-14-5-2-6-15-25/h1,3-4,7-8,22-23H,2,5-6,9-20H2. The number of nitrogens with zero attached hydrogens (tertiary/aromatic N) is 3. The van der Waals surface area contributed by atoms with Gasteiger partial charge in [-0.2, -0.15) is 0 Å². The molecule has 0 aromatic heterocycles. The summed E-state index contributed by atoms with van der Waals surface area (Å²) in [6, 6.07) is 12.7. The molecule has 0 bridgehead atoms. The Balaban J connectivity index is 1.16. The van der Waals surface area contributed by atoms with Gasteiger partial charge in [-0.15, -0.1) is 0 Å². The minimum Gasteiger partial charge on any atom is -0.303 e. The lowest BCUT2D eigenvalue weighted by Gasteiger charge is -2.44. The molecule has 0 atom stereocenters. The van der Waals surface area contributed by atoms with Crippen molar-refractivity contribution in [3.05, 3.63) is 35.9 Å². The first-order chi connectivity index (χ1) is 12.9. The van der Waals surface area contributed by atoms with Crippen LogP contribution in [0.25, 0.3) is 0 Å². The van der Waals surface area contributed by atoms with Crippen LogP contribution in [0.4, 0.5) is 0 Å². The molecule has 144 valence electrons. The average Bonchev–Trinajstić information content (AvgIpc) is 2.74. The van der Waals surface area contributed by atoms with Crippen molar-refractivity contribution in [1.82, 2.24) is 14.7 Å². The molecule has 0 saturated carbocycles. The third-order valence-electron chi connectivity index (χ3n) is 7.04. The summed E-state index contributed by atoms with van der Waals surface area (Å²) in [5.74, 6) is 0. The van der Waals surface area contributed by atoms with Gasteiger partial charge in [0, 0.05) is 18.6 Å². The molecule has 3 fully saturated rings. The Morgan fingerprint density at radius 3 is 1.88 bits per heavy atom. The molecule has 4 rings (SSSR count). The second kappa shape index (κ2) is 9.34. The van der Waals surface area contributed by atoms with Crippen LogP contribution in [0.5, 0.6) is 0 Å². The topological polar surface area (TPSA) is 9.72 Å². The van der Waals surface area contributed by atoms with Crippen molar-refractivity contribution in [3.63, 3.8) is 0 Å². The molecule has 0 unspecified atom stereocenters. The Bertz CT molecular complexity index is 510. The van der Waals surface area contributed by atoms with Crippen LogP contribution in [-0.4, -0.2) is 72.6 Å². The number of benzene rings is 1. The highest BCUT2D eigenvalue weighted by Crippen LogP contribution is 2.25. The summed E-state index contributed by atoms with van der Waals surface area (Å²) in [7, 11) is 0. The molecule has 3 aliphatic heterocycles. The van der Waals surface area contributed by atoms with Gasteiger partial charge in [0.15, 0.2) is 0 Å². The zero-order valence-corrected chi connectivity index (χ0v) is 16.5. The van der Waals surface area contributed by atoms with Gasteiger partial charge in [-0.3, -0.25) is 0 Å². The summed E-state index contributed by atoms with van der Waals surface area (Å²) in [6.45, 7) is 9.24. The van der Waals surface area contributed by atoms with Gasteiger partial charge in [0.2, 0.25) is 0 Å². The summed E-state index contributed by atoms with van der Waals surface area (Å²) < 4.78 is 0. The van der Waals surface area contributed by atoms with E-state index in [0.29, 0.717) is 0 Å². The molecule has 0 spiro atoms. The molecule has 3 aliphatic rings. The van der Waals surface area contributed by atoms with E-state index in [1.54, 1.807) is 0 Å². The fourth-order valence-electron chi connectivity index (χ4n) is 5.34. The number of hydrogen-bond acceptors (Lipinski definition) is 3. The minimum absolute atomic E-state index is 0.852. The van der Waals surface area contributed by atoms with Gasteiger partial charge in [0.1, 0.15) is 0 Å². The molecule has 3 nitrogen and oxygen atoms in total. The lowest BCUT2D eigenvalue weighted by molar-refractivity contribution is 0.0487. The molecule has 0 aliphatic carbocycles. The van der Waals surface area contributed by atoms with Crippen LogP contribution in [0, 0.1) is 0 Å². The molecule has 3 saturated heterocycles. The largest absolute Gasteiger partial charge is 0.303 e. The predicted octanol–water partition coefficient (Wildman–Crippen LogP) is 3.64. The molecule has 0 amide bonds. The van der Waals surface area contributed by atoms with E-state index in [2.05, 4.69) is 45.0 Å². The van der Waals surface area contributed by atoms with Crippen LogP contribution in [-0.2, 0) is 6.42 Å². The van der Waals surface area contributed by atoms with E-state index >= 15 is 0 Å². The van der Waals surface area contributed by atoms with Gasteiger partial charge in [-0.05, 0) is 89.8 Å². The second-order valence-corrected chi connectivity index (χ2v) is 8.67. The van der Waals surface area contributed by atoms with Gasteiger partial charge in [0.05, 0.1) is 0 Å². The molecule has 3 heterocycles. The van der Waals surface area contributed by atoms with E-state index in [4.69, 9.17) is 0 Å². The van der Waals surface area contributed by atoms with Crippen LogP contribution in [0.2, 0.25) is 0 Å². The van der Waals surface area contributed by atoms with Crippen molar-refractivity contribution in [1.29, 1.82) is 0 Å². The Kier molecular flexibility index (Phi) is 6.63. The maximum atomic E-state index is 2.83. The Labute approximate surface area is 160 Å². The predicted molar refractivity (Wildman–Crippen MR) is 110 cm³/mol. The van der Waals surface area contributed by atoms with Crippen molar-refractivity contribution in [3.8, 4) is 0 Å². The number of hydrogen-bond donors (Lipinski definition) is 0. The normalized spacial score (nSPS) is 25.5. The van der Waals surface area contributed by atoms with Gasteiger partial charge in [0.25, 0.3) is 0 Å². The molecular formula is C23H37N3. The van der Waals surface area contributed by atoms with Crippen molar-refractivity contribution in [2.45, 2.75) is 63.5 Å². The van der Waals surface area contributed by atoms with E-state index in [1.807, 2.05) is 0 Å². The number of rotatable bonds is 5. The molecule has 1 aromatic carbocycles. The van der Waals surface area contributed by atoms with Gasteiger partial charge in [-0.25, -0.2) is 0 Å².